The maximum absolute atomic E-state index is 12.6. The van der Waals surface area contributed by atoms with Gasteiger partial charge in [-0.15, -0.1) is 0 Å². The summed E-state index contributed by atoms with van der Waals surface area (Å²) in [7, 11) is 0. The van der Waals surface area contributed by atoms with Gasteiger partial charge in [-0.05, 0) is 43.7 Å². The fourth-order valence-corrected chi connectivity index (χ4v) is 3.42. The lowest BCUT2D eigenvalue weighted by Crippen LogP contribution is -2.25. The normalized spacial score (nSPS) is 17.4. The Bertz CT molecular complexity index is 932. The second-order valence-electron chi connectivity index (χ2n) is 6.45. The Hall–Kier alpha value is -2.82. The molecule has 1 aliphatic rings. The summed E-state index contributed by atoms with van der Waals surface area (Å²) < 4.78 is 5.68. The number of para-hydroxylation sites is 2. The minimum atomic E-state index is 0.0647. The average molecular weight is 335 g/mol. The molecule has 25 heavy (non-hydrogen) atoms. The summed E-state index contributed by atoms with van der Waals surface area (Å²) in [4.78, 5) is 22.5. The maximum atomic E-state index is 12.6. The van der Waals surface area contributed by atoms with Gasteiger partial charge in [-0.1, -0.05) is 18.2 Å². The fraction of sp³-hybridized carbons (Fsp3) is 0.300. The minimum Gasteiger partial charge on any atom is -0.492 e. The Labute approximate surface area is 146 Å². The maximum Gasteiger partial charge on any atom is 0.227 e. The van der Waals surface area contributed by atoms with Crippen LogP contribution in [0.25, 0.3) is 11.0 Å². The molecular formula is C20H21N3O2. The zero-order valence-corrected chi connectivity index (χ0v) is 14.5. The van der Waals surface area contributed by atoms with Gasteiger partial charge in [-0.2, -0.15) is 0 Å². The zero-order valence-electron chi connectivity index (χ0n) is 14.5. The number of hydrogen-bond acceptors (Lipinski definition) is 3. The van der Waals surface area contributed by atoms with E-state index in [1.165, 1.54) is 5.56 Å². The Morgan fingerprint density at radius 3 is 2.96 bits per heavy atom. The van der Waals surface area contributed by atoms with E-state index < -0.39 is 0 Å². The first-order valence-corrected chi connectivity index (χ1v) is 8.64. The molecule has 1 aliphatic heterocycles. The number of carbonyl (C=O) groups excluding carboxylic acids is 1. The Kier molecular flexibility index (Phi) is 3.92. The van der Waals surface area contributed by atoms with Gasteiger partial charge in [0.05, 0.1) is 23.3 Å². The average Bonchev–Trinajstić information content (AvgIpc) is 3.19. The Balaban J connectivity index is 1.63. The van der Waals surface area contributed by atoms with E-state index in [1.807, 2.05) is 42.2 Å². The number of hydrogen-bond donors (Lipinski definition) is 1. The van der Waals surface area contributed by atoms with Crippen molar-refractivity contribution in [3.05, 3.63) is 53.9 Å². The highest BCUT2D eigenvalue weighted by atomic mass is 16.5. The van der Waals surface area contributed by atoms with Crippen LogP contribution in [0.4, 0.5) is 5.69 Å². The van der Waals surface area contributed by atoms with Gasteiger partial charge in [0, 0.05) is 18.9 Å². The number of imidazole rings is 1. The second kappa shape index (κ2) is 6.24. The molecule has 2 heterocycles. The summed E-state index contributed by atoms with van der Waals surface area (Å²) in [6.45, 7) is 5.19. The van der Waals surface area contributed by atoms with Gasteiger partial charge < -0.3 is 14.6 Å². The number of aryl methyl sites for hydroxylation is 1. The SMILES string of the molecule is CCOc1ccccc1N1C[C@H](c2nc3ccc(C)cc3[nH]2)CC1=O. The molecule has 3 aromatic rings. The number of fused-ring (bicyclic) bond motifs is 1. The van der Waals surface area contributed by atoms with E-state index in [4.69, 9.17) is 9.72 Å². The number of carbonyl (C=O) groups is 1. The molecule has 4 rings (SSSR count). The molecule has 1 amide bonds. The molecule has 0 bridgehead atoms. The molecule has 0 radical (unpaired) electrons. The van der Waals surface area contributed by atoms with Crippen LogP contribution in [0.3, 0.4) is 0 Å². The van der Waals surface area contributed by atoms with Crippen molar-refractivity contribution >= 4 is 22.6 Å². The molecule has 0 aliphatic carbocycles. The summed E-state index contributed by atoms with van der Waals surface area (Å²) in [6, 6.07) is 13.9. The highest BCUT2D eigenvalue weighted by molar-refractivity contribution is 5.97. The van der Waals surface area contributed by atoms with Crippen LogP contribution in [-0.4, -0.2) is 29.0 Å². The lowest BCUT2D eigenvalue weighted by atomic mass is 10.1. The molecule has 2 aromatic carbocycles. The molecule has 5 nitrogen and oxygen atoms in total. The molecule has 0 spiro atoms. The molecular weight excluding hydrogens is 314 g/mol. The number of aromatic nitrogens is 2. The van der Waals surface area contributed by atoms with Crippen LogP contribution >= 0.6 is 0 Å². The first-order valence-electron chi connectivity index (χ1n) is 8.64. The van der Waals surface area contributed by atoms with Crippen molar-refractivity contribution in [2.45, 2.75) is 26.2 Å². The van der Waals surface area contributed by atoms with E-state index in [0.29, 0.717) is 19.6 Å². The third-order valence-corrected chi connectivity index (χ3v) is 4.62. The number of ether oxygens (including phenoxy) is 1. The first kappa shape index (κ1) is 15.7. The minimum absolute atomic E-state index is 0.0647. The summed E-state index contributed by atoms with van der Waals surface area (Å²) in [6.07, 6.45) is 0.458. The van der Waals surface area contributed by atoms with Crippen LogP contribution in [0.5, 0.6) is 5.75 Å². The quantitative estimate of drug-likeness (QED) is 0.789. The highest BCUT2D eigenvalue weighted by Crippen LogP contribution is 2.36. The van der Waals surface area contributed by atoms with Crippen LogP contribution in [0.1, 0.15) is 30.7 Å². The van der Waals surface area contributed by atoms with Crippen molar-refractivity contribution in [1.29, 1.82) is 0 Å². The second-order valence-corrected chi connectivity index (χ2v) is 6.45. The van der Waals surface area contributed by atoms with Gasteiger partial charge in [0.1, 0.15) is 11.6 Å². The predicted octanol–water partition coefficient (Wildman–Crippen LogP) is 3.79. The largest absolute Gasteiger partial charge is 0.492 e. The lowest BCUT2D eigenvalue weighted by molar-refractivity contribution is -0.117. The van der Waals surface area contributed by atoms with Gasteiger partial charge >= 0.3 is 0 Å². The number of amides is 1. The van der Waals surface area contributed by atoms with Crippen LogP contribution < -0.4 is 9.64 Å². The molecule has 1 fully saturated rings. The molecule has 5 heteroatoms. The fourth-order valence-electron chi connectivity index (χ4n) is 3.42. The summed E-state index contributed by atoms with van der Waals surface area (Å²) in [5, 5.41) is 0. The van der Waals surface area contributed by atoms with Crippen molar-refractivity contribution in [2.24, 2.45) is 0 Å². The van der Waals surface area contributed by atoms with E-state index in [-0.39, 0.29) is 11.8 Å². The smallest absolute Gasteiger partial charge is 0.227 e. The zero-order chi connectivity index (χ0) is 17.4. The van der Waals surface area contributed by atoms with Gasteiger partial charge in [0.15, 0.2) is 0 Å². The molecule has 1 saturated heterocycles. The van der Waals surface area contributed by atoms with Crippen molar-refractivity contribution in [2.75, 3.05) is 18.1 Å². The van der Waals surface area contributed by atoms with Crippen molar-refractivity contribution in [3.63, 3.8) is 0 Å². The van der Waals surface area contributed by atoms with E-state index in [9.17, 15) is 4.79 Å². The van der Waals surface area contributed by atoms with Crippen LogP contribution in [0.15, 0.2) is 42.5 Å². The number of rotatable bonds is 4. The van der Waals surface area contributed by atoms with E-state index in [1.54, 1.807) is 0 Å². The Morgan fingerprint density at radius 2 is 2.12 bits per heavy atom. The molecule has 1 aromatic heterocycles. The first-order chi connectivity index (χ1) is 12.2. The third-order valence-electron chi connectivity index (χ3n) is 4.62. The van der Waals surface area contributed by atoms with Crippen molar-refractivity contribution in [1.82, 2.24) is 9.97 Å². The number of H-pyrrole nitrogens is 1. The monoisotopic (exact) mass is 335 g/mol. The van der Waals surface area contributed by atoms with Crippen molar-refractivity contribution < 1.29 is 9.53 Å². The van der Waals surface area contributed by atoms with Crippen LogP contribution in [-0.2, 0) is 4.79 Å². The lowest BCUT2D eigenvalue weighted by Gasteiger charge is -2.19. The number of aromatic amines is 1. The molecule has 1 N–H and O–H groups in total. The highest BCUT2D eigenvalue weighted by Gasteiger charge is 2.34. The molecule has 128 valence electrons. The van der Waals surface area contributed by atoms with Crippen LogP contribution in [0.2, 0.25) is 0 Å². The summed E-state index contributed by atoms with van der Waals surface area (Å²) >= 11 is 0. The molecule has 1 atom stereocenters. The Morgan fingerprint density at radius 1 is 1.28 bits per heavy atom. The van der Waals surface area contributed by atoms with Gasteiger partial charge in [0.2, 0.25) is 5.91 Å². The summed E-state index contributed by atoms with van der Waals surface area (Å²) in [5.41, 5.74) is 4.00. The van der Waals surface area contributed by atoms with E-state index in [0.717, 1.165) is 28.3 Å². The van der Waals surface area contributed by atoms with Crippen LogP contribution in [0, 0.1) is 6.92 Å². The molecule has 0 saturated carbocycles. The molecule has 0 unspecified atom stereocenters. The third kappa shape index (κ3) is 2.86. The summed E-state index contributed by atoms with van der Waals surface area (Å²) in [5.74, 6) is 1.80. The van der Waals surface area contributed by atoms with E-state index >= 15 is 0 Å². The topological polar surface area (TPSA) is 58.2 Å². The standard InChI is InChI=1S/C20H21N3O2/c1-3-25-18-7-5-4-6-17(18)23-12-14(11-19(23)24)20-21-15-9-8-13(2)10-16(15)22-20/h4-10,14H,3,11-12H2,1-2H3,(H,21,22)/t14-/m1/s1. The number of nitrogens with zero attached hydrogens (tertiary/aromatic N) is 2. The number of anilines is 1. The number of nitrogens with one attached hydrogen (secondary N) is 1. The number of benzene rings is 2. The van der Waals surface area contributed by atoms with Gasteiger partial charge in [0.25, 0.3) is 0 Å². The van der Waals surface area contributed by atoms with Gasteiger partial charge in [-0.25, -0.2) is 4.98 Å². The van der Waals surface area contributed by atoms with Gasteiger partial charge in [-0.3, -0.25) is 4.79 Å². The van der Waals surface area contributed by atoms with Crippen molar-refractivity contribution in [3.8, 4) is 5.75 Å². The van der Waals surface area contributed by atoms with E-state index in [2.05, 4.69) is 24.0 Å². The predicted molar refractivity (Wildman–Crippen MR) is 98.2 cm³/mol.